The van der Waals surface area contributed by atoms with Crippen LogP contribution in [-0.4, -0.2) is 5.25 Å². The molecule has 11 heavy (non-hydrogen) atoms. The third-order valence-corrected chi connectivity index (χ3v) is 4.73. The second-order valence-electron chi connectivity index (χ2n) is 4.80. The monoisotopic (exact) mass is 168 g/mol. The van der Waals surface area contributed by atoms with E-state index >= 15 is 0 Å². The fourth-order valence-corrected chi connectivity index (χ4v) is 3.35. The summed E-state index contributed by atoms with van der Waals surface area (Å²) in [5.41, 5.74) is 0.401. The molecule has 0 aromatic heterocycles. The topological polar surface area (TPSA) is 0 Å². The van der Waals surface area contributed by atoms with Crippen molar-refractivity contribution in [2.45, 2.75) is 32.9 Å². The van der Waals surface area contributed by atoms with E-state index in [0.717, 1.165) is 17.1 Å². The Morgan fingerprint density at radius 1 is 1.36 bits per heavy atom. The van der Waals surface area contributed by atoms with E-state index in [1.165, 1.54) is 0 Å². The summed E-state index contributed by atoms with van der Waals surface area (Å²) in [5, 5.41) is 0.948. The maximum Gasteiger partial charge on any atom is 0.0189 e. The molecule has 0 bridgehead atoms. The largest absolute Gasteiger partial charge is 0.126 e. The molecular formula is C10H16S. The Kier molecular flexibility index (Phi) is 1.45. The Morgan fingerprint density at radius 2 is 2.00 bits per heavy atom. The van der Waals surface area contributed by atoms with Crippen molar-refractivity contribution in [3.8, 4) is 0 Å². The molecule has 0 aromatic carbocycles. The van der Waals surface area contributed by atoms with Gasteiger partial charge in [0.05, 0.1) is 0 Å². The summed E-state index contributed by atoms with van der Waals surface area (Å²) in [7, 11) is 0. The SMILES string of the molecule is C[C@@H]1[C@H]2C=C(C(C)(C)C)S[C@@H]12. The zero-order valence-corrected chi connectivity index (χ0v) is 8.53. The maximum absolute atomic E-state index is 2.50. The highest BCUT2D eigenvalue weighted by Crippen LogP contribution is 2.60. The molecule has 0 spiro atoms. The standard InChI is InChI=1S/C10H16S/c1-6-7-5-8(10(2,3)4)11-9(6)7/h5-7,9H,1-4H3/t6-,7-,9+/m1/s1. The first-order valence-corrected chi connectivity index (χ1v) is 5.27. The summed E-state index contributed by atoms with van der Waals surface area (Å²) in [5.74, 6) is 1.89. The second-order valence-corrected chi connectivity index (χ2v) is 6.02. The summed E-state index contributed by atoms with van der Waals surface area (Å²) >= 11 is 2.12. The highest BCUT2D eigenvalue weighted by molar-refractivity contribution is 8.04. The van der Waals surface area contributed by atoms with Gasteiger partial charge in [0.2, 0.25) is 0 Å². The average Bonchev–Trinajstić information content (AvgIpc) is 2.39. The summed E-state index contributed by atoms with van der Waals surface area (Å²) in [6.07, 6.45) is 2.50. The highest BCUT2D eigenvalue weighted by atomic mass is 32.2. The van der Waals surface area contributed by atoms with Crippen LogP contribution in [-0.2, 0) is 0 Å². The minimum absolute atomic E-state index is 0.401. The van der Waals surface area contributed by atoms with Crippen molar-refractivity contribution in [2.24, 2.45) is 17.3 Å². The highest BCUT2D eigenvalue weighted by Gasteiger charge is 2.51. The smallest absolute Gasteiger partial charge is 0.0189 e. The Bertz CT molecular complexity index is 209. The molecule has 1 aliphatic heterocycles. The van der Waals surface area contributed by atoms with Crippen LogP contribution in [0.25, 0.3) is 0 Å². The van der Waals surface area contributed by atoms with Crippen molar-refractivity contribution in [1.29, 1.82) is 0 Å². The Balaban J connectivity index is 2.11. The van der Waals surface area contributed by atoms with Gasteiger partial charge in [0, 0.05) is 5.25 Å². The molecule has 1 fully saturated rings. The zero-order valence-electron chi connectivity index (χ0n) is 7.72. The van der Waals surface area contributed by atoms with Crippen molar-refractivity contribution >= 4 is 11.8 Å². The van der Waals surface area contributed by atoms with E-state index < -0.39 is 0 Å². The Labute approximate surface area is 73.4 Å². The van der Waals surface area contributed by atoms with Crippen LogP contribution in [0.15, 0.2) is 11.0 Å². The first-order valence-electron chi connectivity index (χ1n) is 4.39. The zero-order chi connectivity index (χ0) is 8.22. The van der Waals surface area contributed by atoms with E-state index in [2.05, 4.69) is 45.5 Å². The number of thioether (sulfide) groups is 1. The van der Waals surface area contributed by atoms with Crippen LogP contribution in [0.2, 0.25) is 0 Å². The molecule has 0 nitrogen and oxygen atoms in total. The molecule has 1 heteroatoms. The lowest BCUT2D eigenvalue weighted by molar-refractivity contribution is 0.531. The van der Waals surface area contributed by atoms with Crippen LogP contribution >= 0.6 is 11.8 Å². The third-order valence-electron chi connectivity index (χ3n) is 2.71. The van der Waals surface area contributed by atoms with E-state index in [0.29, 0.717) is 5.41 Å². The molecule has 1 saturated carbocycles. The molecule has 0 unspecified atom stereocenters. The van der Waals surface area contributed by atoms with E-state index in [-0.39, 0.29) is 0 Å². The molecule has 3 atom stereocenters. The normalized spacial score (nSPS) is 41.8. The van der Waals surface area contributed by atoms with Gasteiger partial charge < -0.3 is 0 Å². The van der Waals surface area contributed by atoms with E-state index in [4.69, 9.17) is 0 Å². The van der Waals surface area contributed by atoms with Crippen molar-refractivity contribution in [3.63, 3.8) is 0 Å². The quantitative estimate of drug-likeness (QED) is 0.535. The van der Waals surface area contributed by atoms with Gasteiger partial charge in [-0.25, -0.2) is 0 Å². The van der Waals surface area contributed by atoms with Gasteiger partial charge in [0.1, 0.15) is 0 Å². The Morgan fingerprint density at radius 3 is 2.36 bits per heavy atom. The molecule has 2 aliphatic rings. The van der Waals surface area contributed by atoms with Crippen molar-refractivity contribution in [3.05, 3.63) is 11.0 Å². The van der Waals surface area contributed by atoms with Crippen molar-refractivity contribution in [2.75, 3.05) is 0 Å². The van der Waals surface area contributed by atoms with Crippen LogP contribution in [0.5, 0.6) is 0 Å². The van der Waals surface area contributed by atoms with E-state index in [1.54, 1.807) is 4.91 Å². The van der Waals surface area contributed by atoms with Crippen molar-refractivity contribution in [1.82, 2.24) is 0 Å². The molecule has 1 heterocycles. The predicted octanol–water partition coefficient (Wildman–Crippen LogP) is 3.30. The lowest BCUT2D eigenvalue weighted by Gasteiger charge is -2.20. The van der Waals surface area contributed by atoms with Crippen molar-refractivity contribution < 1.29 is 0 Å². The Hall–Kier alpha value is 0.0900. The number of allylic oxidation sites excluding steroid dienone is 2. The molecule has 0 amide bonds. The minimum Gasteiger partial charge on any atom is -0.126 e. The molecule has 62 valence electrons. The van der Waals surface area contributed by atoms with Crippen LogP contribution in [0, 0.1) is 17.3 Å². The van der Waals surface area contributed by atoms with E-state index in [9.17, 15) is 0 Å². The number of hydrogen-bond acceptors (Lipinski definition) is 1. The minimum atomic E-state index is 0.401. The summed E-state index contributed by atoms with van der Waals surface area (Å²) in [6, 6.07) is 0. The van der Waals surface area contributed by atoms with Gasteiger partial charge in [0.25, 0.3) is 0 Å². The van der Waals surface area contributed by atoms with Crippen LogP contribution in [0.3, 0.4) is 0 Å². The van der Waals surface area contributed by atoms with Gasteiger partial charge in [0.15, 0.2) is 0 Å². The van der Waals surface area contributed by atoms with Crippen LogP contribution in [0.4, 0.5) is 0 Å². The van der Waals surface area contributed by atoms with Gasteiger partial charge in [-0.2, -0.15) is 0 Å². The van der Waals surface area contributed by atoms with Gasteiger partial charge in [-0.1, -0.05) is 33.8 Å². The molecular weight excluding hydrogens is 152 g/mol. The lowest BCUT2D eigenvalue weighted by atomic mass is 9.95. The first kappa shape index (κ1) is 7.72. The maximum atomic E-state index is 2.50. The summed E-state index contributed by atoms with van der Waals surface area (Å²) in [6.45, 7) is 9.28. The van der Waals surface area contributed by atoms with Gasteiger partial charge >= 0.3 is 0 Å². The van der Waals surface area contributed by atoms with Gasteiger partial charge in [-0.15, -0.1) is 11.8 Å². The third kappa shape index (κ3) is 1.14. The number of hydrogen-bond donors (Lipinski definition) is 0. The second kappa shape index (κ2) is 2.07. The fourth-order valence-electron chi connectivity index (χ4n) is 1.68. The molecule has 0 N–H and O–H groups in total. The molecule has 0 radical (unpaired) electrons. The van der Waals surface area contributed by atoms with E-state index in [1.807, 2.05) is 0 Å². The van der Waals surface area contributed by atoms with Crippen LogP contribution in [0.1, 0.15) is 27.7 Å². The summed E-state index contributed by atoms with van der Waals surface area (Å²) in [4.78, 5) is 1.62. The average molecular weight is 168 g/mol. The van der Waals surface area contributed by atoms with Gasteiger partial charge in [-0.05, 0) is 22.2 Å². The molecule has 2 rings (SSSR count). The van der Waals surface area contributed by atoms with Crippen LogP contribution < -0.4 is 0 Å². The lowest BCUT2D eigenvalue weighted by Crippen LogP contribution is -2.06. The molecule has 1 aliphatic carbocycles. The summed E-state index contributed by atoms with van der Waals surface area (Å²) < 4.78 is 0. The number of fused-ring (bicyclic) bond motifs is 1. The van der Waals surface area contributed by atoms with Gasteiger partial charge in [-0.3, -0.25) is 0 Å². The number of rotatable bonds is 0. The fraction of sp³-hybridized carbons (Fsp3) is 0.800. The molecule has 0 saturated heterocycles. The first-order chi connectivity index (χ1) is 5.00. The predicted molar refractivity (Wildman–Crippen MR) is 51.6 cm³/mol. The molecule has 0 aromatic rings.